The Kier molecular flexibility index (Phi) is 3.58. The van der Waals surface area contributed by atoms with E-state index in [2.05, 4.69) is 20.7 Å². The highest BCUT2D eigenvalue weighted by Gasteiger charge is 2.14. The normalized spacial score (nSPS) is 11.2. The van der Waals surface area contributed by atoms with Crippen LogP contribution in [0.15, 0.2) is 57.9 Å². The Morgan fingerprint density at radius 2 is 1.78 bits per heavy atom. The van der Waals surface area contributed by atoms with Gasteiger partial charge in [0, 0.05) is 10.2 Å². The number of hydrogen-bond acceptors (Lipinski definition) is 3. The fourth-order valence-electron chi connectivity index (χ4n) is 1.45. The van der Waals surface area contributed by atoms with Crippen LogP contribution in [0.4, 0.5) is 11.4 Å². The zero-order valence-corrected chi connectivity index (χ0v) is 11.7. The van der Waals surface area contributed by atoms with E-state index in [4.69, 9.17) is 5.73 Å². The Morgan fingerprint density at radius 3 is 2.44 bits per heavy atom. The zero-order valence-electron chi connectivity index (χ0n) is 9.30. The molecule has 0 bridgehead atoms. The molecule has 0 spiro atoms. The second kappa shape index (κ2) is 4.99. The molecule has 0 amide bonds. The van der Waals surface area contributed by atoms with Crippen LogP contribution >= 0.6 is 15.9 Å². The number of sulfonamides is 1. The third-order valence-corrected chi connectivity index (χ3v) is 4.12. The summed E-state index contributed by atoms with van der Waals surface area (Å²) >= 11 is 3.24. The quantitative estimate of drug-likeness (QED) is 0.852. The first-order valence-corrected chi connectivity index (χ1v) is 7.39. The van der Waals surface area contributed by atoms with Crippen LogP contribution in [0.3, 0.4) is 0 Å². The van der Waals surface area contributed by atoms with Gasteiger partial charge in [-0.15, -0.1) is 0 Å². The van der Waals surface area contributed by atoms with Crippen molar-refractivity contribution >= 4 is 37.3 Å². The second-order valence-corrected chi connectivity index (χ2v) is 6.29. The molecular formula is C12H11BrN2O2S. The molecule has 0 saturated heterocycles. The Morgan fingerprint density at radius 1 is 1.06 bits per heavy atom. The monoisotopic (exact) mass is 326 g/mol. The standard InChI is InChI=1S/C12H11BrN2O2S/c13-9-3-1-6-12(7-9)18(16,17)15-11-5-2-4-10(14)8-11/h1-8,15H,14H2. The largest absolute Gasteiger partial charge is 0.399 e. The van der Waals surface area contributed by atoms with Gasteiger partial charge in [0.1, 0.15) is 0 Å². The first-order chi connectivity index (χ1) is 8.47. The molecule has 2 aromatic rings. The second-order valence-electron chi connectivity index (χ2n) is 3.69. The summed E-state index contributed by atoms with van der Waals surface area (Å²) in [5, 5.41) is 0. The van der Waals surface area contributed by atoms with Crippen molar-refractivity contribution in [2.45, 2.75) is 4.90 Å². The van der Waals surface area contributed by atoms with Gasteiger partial charge in [-0.1, -0.05) is 28.1 Å². The van der Waals surface area contributed by atoms with E-state index in [9.17, 15) is 8.42 Å². The van der Waals surface area contributed by atoms with Crippen LogP contribution in [0.2, 0.25) is 0 Å². The number of anilines is 2. The Labute approximate surface area is 114 Å². The van der Waals surface area contributed by atoms with E-state index in [-0.39, 0.29) is 4.90 Å². The average molecular weight is 327 g/mol. The molecule has 0 saturated carbocycles. The van der Waals surface area contributed by atoms with Crippen molar-refractivity contribution in [2.75, 3.05) is 10.5 Å². The lowest BCUT2D eigenvalue weighted by atomic mass is 10.3. The summed E-state index contributed by atoms with van der Waals surface area (Å²) in [4.78, 5) is 0.194. The van der Waals surface area contributed by atoms with Crippen molar-refractivity contribution in [1.82, 2.24) is 0 Å². The van der Waals surface area contributed by atoms with E-state index in [0.717, 1.165) is 0 Å². The maximum absolute atomic E-state index is 12.1. The van der Waals surface area contributed by atoms with Crippen molar-refractivity contribution in [2.24, 2.45) is 0 Å². The molecule has 0 atom stereocenters. The summed E-state index contributed by atoms with van der Waals surface area (Å²) in [6, 6.07) is 13.1. The molecule has 0 heterocycles. The molecule has 2 aromatic carbocycles. The number of hydrogen-bond donors (Lipinski definition) is 2. The summed E-state index contributed by atoms with van der Waals surface area (Å²) in [5.41, 5.74) is 6.54. The molecule has 0 unspecified atom stereocenters. The summed E-state index contributed by atoms with van der Waals surface area (Å²) in [6.07, 6.45) is 0. The summed E-state index contributed by atoms with van der Waals surface area (Å²) in [6.45, 7) is 0. The molecule has 4 nitrogen and oxygen atoms in total. The van der Waals surface area contributed by atoms with Crippen molar-refractivity contribution in [1.29, 1.82) is 0 Å². The Hall–Kier alpha value is -1.53. The summed E-state index contributed by atoms with van der Waals surface area (Å²) < 4.78 is 27.4. The molecular weight excluding hydrogens is 316 g/mol. The molecule has 0 fully saturated rings. The molecule has 0 aromatic heterocycles. The first-order valence-electron chi connectivity index (χ1n) is 5.11. The van der Waals surface area contributed by atoms with E-state index < -0.39 is 10.0 Å². The fraction of sp³-hybridized carbons (Fsp3) is 0. The van der Waals surface area contributed by atoms with Gasteiger partial charge in [0.05, 0.1) is 10.6 Å². The van der Waals surface area contributed by atoms with Gasteiger partial charge in [-0.3, -0.25) is 4.72 Å². The first kappa shape index (κ1) is 12.9. The van der Waals surface area contributed by atoms with Crippen LogP contribution in [0.1, 0.15) is 0 Å². The van der Waals surface area contributed by atoms with Crippen LogP contribution < -0.4 is 10.5 Å². The molecule has 0 aliphatic carbocycles. The molecule has 0 aliphatic heterocycles. The maximum atomic E-state index is 12.1. The molecule has 94 valence electrons. The van der Waals surface area contributed by atoms with Gasteiger partial charge in [0.2, 0.25) is 0 Å². The predicted octanol–water partition coefficient (Wildman–Crippen LogP) is 2.83. The van der Waals surface area contributed by atoms with Crippen molar-refractivity contribution < 1.29 is 8.42 Å². The highest BCUT2D eigenvalue weighted by atomic mass is 79.9. The van der Waals surface area contributed by atoms with Gasteiger partial charge in [0.25, 0.3) is 10.0 Å². The number of halogens is 1. The molecule has 3 N–H and O–H groups in total. The van der Waals surface area contributed by atoms with Crippen LogP contribution in [-0.2, 0) is 10.0 Å². The number of nitrogen functional groups attached to an aromatic ring is 1. The van der Waals surface area contributed by atoms with E-state index >= 15 is 0 Å². The summed E-state index contributed by atoms with van der Waals surface area (Å²) in [5.74, 6) is 0. The smallest absolute Gasteiger partial charge is 0.261 e. The summed E-state index contributed by atoms with van der Waals surface area (Å²) in [7, 11) is -3.59. The highest BCUT2D eigenvalue weighted by molar-refractivity contribution is 9.10. The van der Waals surface area contributed by atoms with Crippen LogP contribution in [0, 0.1) is 0 Å². The minimum absolute atomic E-state index is 0.194. The van der Waals surface area contributed by atoms with Gasteiger partial charge in [0.15, 0.2) is 0 Å². The Bertz CT molecular complexity index is 671. The molecule has 2 rings (SSSR count). The van der Waals surface area contributed by atoms with E-state index in [1.54, 1.807) is 36.4 Å². The van der Waals surface area contributed by atoms with Gasteiger partial charge in [-0.25, -0.2) is 8.42 Å². The van der Waals surface area contributed by atoms with Crippen LogP contribution in [0.5, 0.6) is 0 Å². The third kappa shape index (κ3) is 3.02. The lowest BCUT2D eigenvalue weighted by Crippen LogP contribution is -2.12. The molecule has 0 radical (unpaired) electrons. The number of nitrogens with one attached hydrogen (secondary N) is 1. The molecule has 6 heteroatoms. The van der Waals surface area contributed by atoms with Crippen LogP contribution in [0.25, 0.3) is 0 Å². The van der Waals surface area contributed by atoms with Gasteiger partial charge in [-0.2, -0.15) is 0 Å². The van der Waals surface area contributed by atoms with Gasteiger partial charge in [-0.05, 0) is 36.4 Å². The fourth-order valence-corrected chi connectivity index (χ4v) is 3.10. The van der Waals surface area contributed by atoms with Crippen molar-refractivity contribution in [3.8, 4) is 0 Å². The molecule has 18 heavy (non-hydrogen) atoms. The average Bonchev–Trinajstić information content (AvgIpc) is 2.28. The Balaban J connectivity index is 2.33. The van der Waals surface area contributed by atoms with E-state index in [1.807, 2.05) is 0 Å². The van der Waals surface area contributed by atoms with Gasteiger partial charge < -0.3 is 5.73 Å². The SMILES string of the molecule is Nc1cccc(NS(=O)(=O)c2cccc(Br)c2)c1. The highest BCUT2D eigenvalue weighted by Crippen LogP contribution is 2.20. The lowest BCUT2D eigenvalue weighted by molar-refractivity contribution is 0.601. The van der Waals surface area contributed by atoms with Crippen LogP contribution in [-0.4, -0.2) is 8.42 Å². The number of benzene rings is 2. The topological polar surface area (TPSA) is 72.2 Å². The molecule has 0 aliphatic rings. The number of rotatable bonds is 3. The van der Waals surface area contributed by atoms with E-state index in [1.165, 1.54) is 12.1 Å². The van der Waals surface area contributed by atoms with E-state index in [0.29, 0.717) is 15.8 Å². The van der Waals surface area contributed by atoms with Gasteiger partial charge >= 0.3 is 0 Å². The minimum atomic E-state index is -3.59. The zero-order chi connectivity index (χ0) is 13.2. The lowest BCUT2D eigenvalue weighted by Gasteiger charge is -2.08. The van der Waals surface area contributed by atoms with Crippen molar-refractivity contribution in [3.05, 3.63) is 53.0 Å². The van der Waals surface area contributed by atoms with Crippen molar-refractivity contribution in [3.63, 3.8) is 0 Å². The number of nitrogens with two attached hydrogens (primary N) is 1. The third-order valence-electron chi connectivity index (χ3n) is 2.25. The maximum Gasteiger partial charge on any atom is 0.261 e. The minimum Gasteiger partial charge on any atom is -0.399 e. The predicted molar refractivity (Wildman–Crippen MR) is 75.8 cm³/mol.